The standard InChI is InChI=1S/C18H14ClFN4O/c1-24(15-9-21-11-22-10-15)17-6-12(2-3-16(17)20)18(25)8-14-7-13(19)4-5-23-14/h2-7,9-11H,8H2,1H3. The lowest BCUT2D eigenvalue weighted by atomic mass is 10.0. The molecule has 0 N–H and O–H groups in total. The minimum Gasteiger partial charge on any atom is -0.340 e. The third-order valence-electron chi connectivity index (χ3n) is 3.68. The Morgan fingerprint density at radius 1 is 1.20 bits per heavy atom. The summed E-state index contributed by atoms with van der Waals surface area (Å²) >= 11 is 5.91. The highest BCUT2D eigenvalue weighted by atomic mass is 35.5. The smallest absolute Gasteiger partial charge is 0.168 e. The zero-order chi connectivity index (χ0) is 17.8. The van der Waals surface area contributed by atoms with E-state index in [4.69, 9.17) is 11.6 Å². The highest BCUT2D eigenvalue weighted by molar-refractivity contribution is 6.30. The number of benzene rings is 1. The van der Waals surface area contributed by atoms with Gasteiger partial charge in [0.15, 0.2) is 5.78 Å². The van der Waals surface area contributed by atoms with E-state index in [1.165, 1.54) is 24.5 Å². The van der Waals surface area contributed by atoms with E-state index in [1.807, 2.05) is 0 Å². The number of carbonyl (C=O) groups is 1. The van der Waals surface area contributed by atoms with Crippen LogP contribution in [0.25, 0.3) is 0 Å². The summed E-state index contributed by atoms with van der Waals surface area (Å²) in [5, 5.41) is 0.515. The summed E-state index contributed by atoms with van der Waals surface area (Å²) in [6.07, 6.45) is 6.16. The Kier molecular flexibility index (Phi) is 5.00. The molecule has 0 aliphatic heterocycles. The van der Waals surface area contributed by atoms with Crippen LogP contribution in [0.1, 0.15) is 16.1 Å². The molecule has 0 radical (unpaired) electrons. The van der Waals surface area contributed by atoms with Crippen LogP contribution in [0.2, 0.25) is 5.02 Å². The van der Waals surface area contributed by atoms with Crippen molar-refractivity contribution in [3.05, 3.63) is 77.3 Å². The Balaban J connectivity index is 1.87. The second-order valence-electron chi connectivity index (χ2n) is 5.39. The van der Waals surface area contributed by atoms with E-state index >= 15 is 0 Å². The highest BCUT2D eigenvalue weighted by Crippen LogP contribution is 2.26. The summed E-state index contributed by atoms with van der Waals surface area (Å²) in [5.41, 5.74) is 1.83. The number of pyridine rings is 1. The summed E-state index contributed by atoms with van der Waals surface area (Å²) in [7, 11) is 1.68. The monoisotopic (exact) mass is 356 g/mol. The number of aromatic nitrogens is 3. The first kappa shape index (κ1) is 17.0. The molecule has 2 aromatic heterocycles. The van der Waals surface area contributed by atoms with Gasteiger partial charge in [-0.25, -0.2) is 14.4 Å². The van der Waals surface area contributed by atoms with Crippen LogP contribution >= 0.6 is 11.6 Å². The molecule has 25 heavy (non-hydrogen) atoms. The van der Waals surface area contributed by atoms with E-state index in [0.29, 0.717) is 22.0 Å². The van der Waals surface area contributed by atoms with Gasteiger partial charge in [0, 0.05) is 29.5 Å². The fraction of sp³-hybridized carbons (Fsp3) is 0.111. The van der Waals surface area contributed by atoms with E-state index in [1.54, 1.807) is 42.7 Å². The Morgan fingerprint density at radius 3 is 2.68 bits per heavy atom. The van der Waals surface area contributed by atoms with Crippen LogP contribution in [0.5, 0.6) is 0 Å². The maximum atomic E-state index is 14.2. The van der Waals surface area contributed by atoms with Gasteiger partial charge in [-0.2, -0.15) is 0 Å². The first-order chi connectivity index (χ1) is 12.0. The minimum absolute atomic E-state index is 0.0871. The molecule has 0 fully saturated rings. The molecule has 7 heteroatoms. The second-order valence-corrected chi connectivity index (χ2v) is 5.82. The molecule has 0 aliphatic carbocycles. The topological polar surface area (TPSA) is 59.0 Å². The maximum absolute atomic E-state index is 14.2. The van der Waals surface area contributed by atoms with E-state index in [9.17, 15) is 9.18 Å². The lowest BCUT2D eigenvalue weighted by molar-refractivity contribution is 0.0992. The number of hydrogen-bond donors (Lipinski definition) is 0. The summed E-state index contributed by atoms with van der Waals surface area (Å²) in [6.45, 7) is 0. The summed E-state index contributed by atoms with van der Waals surface area (Å²) < 4.78 is 14.2. The van der Waals surface area contributed by atoms with Crippen molar-refractivity contribution in [1.29, 1.82) is 0 Å². The molecule has 0 saturated heterocycles. The van der Waals surface area contributed by atoms with Crippen LogP contribution in [-0.4, -0.2) is 27.8 Å². The van der Waals surface area contributed by atoms with Crippen molar-refractivity contribution >= 4 is 28.8 Å². The summed E-state index contributed by atoms with van der Waals surface area (Å²) in [6, 6.07) is 7.52. The van der Waals surface area contributed by atoms with Crippen molar-refractivity contribution in [2.45, 2.75) is 6.42 Å². The molecule has 126 valence electrons. The maximum Gasteiger partial charge on any atom is 0.168 e. The van der Waals surface area contributed by atoms with Gasteiger partial charge in [0.2, 0.25) is 0 Å². The minimum atomic E-state index is -0.441. The highest BCUT2D eigenvalue weighted by Gasteiger charge is 2.15. The molecule has 3 rings (SSSR count). The van der Waals surface area contributed by atoms with Gasteiger partial charge in [0.05, 0.1) is 30.2 Å². The number of carbonyl (C=O) groups excluding carboxylic acids is 1. The number of ketones is 1. The molecule has 0 bridgehead atoms. The van der Waals surface area contributed by atoms with Gasteiger partial charge in [-0.15, -0.1) is 0 Å². The molecule has 3 aromatic rings. The summed E-state index contributed by atoms with van der Waals surface area (Å²) in [5.74, 6) is -0.613. The second kappa shape index (κ2) is 7.36. The predicted molar refractivity (Wildman–Crippen MR) is 93.8 cm³/mol. The molecular formula is C18H14ClFN4O. The van der Waals surface area contributed by atoms with Crippen molar-refractivity contribution in [3.63, 3.8) is 0 Å². The quantitative estimate of drug-likeness (QED) is 0.650. The summed E-state index contributed by atoms with van der Waals surface area (Å²) in [4.78, 5) is 26.0. The van der Waals surface area contributed by atoms with Crippen molar-refractivity contribution < 1.29 is 9.18 Å². The van der Waals surface area contributed by atoms with Crippen molar-refractivity contribution in [2.24, 2.45) is 0 Å². The van der Waals surface area contributed by atoms with Gasteiger partial charge in [-0.05, 0) is 30.3 Å². The van der Waals surface area contributed by atoms with Crippen LogP contribution in [-0.2, 0) is 6.42 Å². The third-order valence-corrected chi connectivity index (χ3v) is 3.92. The van der Waals surface area contributed by atoms with E-state index in [0.717, 1.165) is 0 Å². The zero-order valence-electron chi connectivity index (χ0n) is 13.4. The van der Waals surface area contributed by atoms with Gasteiger partial charge in [0.1, 0.15) is 12.1 Å². The van der Waals surface area contributed by atoms with Gasteiger partial charge >= 0.3 is 0 Å². The molecule has 0 aliphatic rings. The number of Topliss-reactive ketones (excluding diaryl/α,β-unsaturated/α-hetero) is 1. The number of nitrogens with zero attached hydrogens (tertiary/aromatic N) is 4. The Hall–Kier alpha value is -2.86. The molecule has 0 saturated carbocycles. The third kappa shape index (κ3) is 3.97. The lowest BCUT2D eigenvalue weighted by Gasteiger charge is -2.19. The van der Waals surface area contributed by atoms with Crippen molar-refractivity contribution in [3.8, 4) is 0 Å². The largest absolute Gasteiger partial charge is 0.340 e. The molecule has 5 nitrogen and oxygen atoms in total. The lowest BCUT2D eigenvalue weighted by Crippen LogP contribution is -2.13. The SMILES string of the molecule is CN(c1cncnc1)c1cc(C(=O)Cc2cc(Cl)ccn2)ccc1F. The number of hydrogen-bond acceptors (Lipinski definition) is 5. The normalized spacial score (nSPS) is 10.5. The molecule has 1 aromatic carbocycles. The van der Waals surface area contributed by atoms with Gasteiger partial charge in [-0.1, -0.05) is 11.6 Å². The average Bonchev–Trinajstić information content (AvgIpc) is 2.62. The molecule has 0 spiro atoms. The molecule has 0 atom stereocenters. The van der Waals surface area contributed by atoms with E-state index in [2.05, 4.69) is 15.0 Å². The Bertz CT molecular complexity index is 905. The number of rotatable bonds is 5. The van der Waals surface area contributed by atoms with Crippen LogP contribution in [0.4, 0.5) is 15.8 Å². The van der Waals surface area contributed by atoms with Crippen molar-refractivity contribution in [1.82, 2.24) is 15.0 Å². The van der Waals surface area contributed by atoms with Crippen LogP contribution < -0.4 is 4.90 Å². The Morgan fingerprint density at radius 2 is 1.96 bits per heavy atom. The van der Waals surface area contributed by atoms with Crippen LogP contribution in [0.15, 0.2) is 55.2 Å². The number of halogens is 2. The fourth-order valence-corrected chi connectivity index (χ4v) is 2.54. The molecule has 2 heterocycles. The molecular weight excluding hydrogens is 343 g/mol. The predicted octanol–water partition coefficient (Wildman–Crippen LogP) is 3.86. The first-order valence-electron chi connectivity index (χ1n) is 7.46. The Labute approximate surface area is 149 Å². The van der Waals surface area contributed by atoms with Crippen LogP contribution in [0.3, 0.4) is 0 Å². The first-order valence-corrected chi connectivity index (χ1v) is 7.84. The van der Waals surface area contributed by atoms with Crippen molar-refractivity contribution in [2.75, 3.05) is 11.9 Å². The van der Waals surface area contributed by atoms with Crippen LogP contribution in [0, 0.1) is 5.82 Å². The average molecular weight is 357 g/mol. The van der Waals surface area contributed by atoms with E-state index in [-0.39, 0.29) is 17.9 Å². The van der Waals surface area contributed by atoms with Gasteiger partial charge in [-0.3, -0.25) is 9.78 Å². The van der Waals surface area contributed by atoms with Gasteiger partial charge < -0.3 is 4.90 Å². The molecule has 0 unspecified atom stereocenters. The van der Waals surface area contributed by atoms with Gasteiger partial charge in [0.25, 0.3) is 0 Å². The fourth-order valence-electron chi connectivity index (χ4n) is 2.36. The number of anilines is 2. The van der Waals surface area contributed by atoms with E-state index < -0.39 is 5.82 Å². The molecule has 0 amide bonds. The zero-order valence-corrected chi connectivity index (χ0v) is 14.1.